The van der Waals surface area contributed by atoms with Crippen molar-refractivity contribution < 1.29 is 14.3 Å². The highest BCUT2D eigenvalue weighted by Crippen LogP contribution is 2.20. The zero-order valence-electron chi connectivity index (χ0n) is 9.50. The number of cyclic esters (lactones) is 2. The smallest absolute Gasteiger partial charge is 0.349 e. The van der Waals surface area contributed by atoms with Gasteiger partial charge in [-0.1, -0.05) is 18.2 Å². The number of carbonyl (C=O) groups is 2. The van der Waals surface area contributed by atoms with E-state index in [9.17, 15) is 9.59 Å². The van der Waals surface area contributed by atoms with Crippen molar-refractivity contribution >= 4 is 11.9 Å². The molecule has 0 saturated heterocycles. The van der Waals surface area contributed by atoms with Crippen molar-refractivity contribution in [2.45, 2.75) is 12.8 Å². The molecule has 0 radical (unpaired) electrons. The molecule has 0 fully saturated rings. The molecular weight excluding hydrogens is 232 g/mol. The van der Waals surface area contributed by atoms with Crippen LogP contribution in [0.25, 0.3) is 5.69 Å². The molecule has 2 heterocycles. The second kappa shape index (κ2) is 4.10. The van der Waals surface area contributed by atoms with Gasteiger partial charge in [-0.3, -0.25) is 4.79 Å². The van der Waals surface area contributed by atoms with Crippen molar-refractivity contribution in [2.24, 2.45) is 0 Å². The predicted molar refractivity (Wildman–Crippen MR) is 62.3 cm³/mol. The van der Waals surface area contributed by atoms with Gasteiger partial charge in [0, 0.05) is 6.42 Å². The third-order valence-corrected chi connectivity index (χ3v) is 2.86. The quantitative estimate of drug-likeness (QED) is 0.561. The van der Waals surface area contributed by atoms with Gasteiger partial charge in [-0.15, -0.1) is 0 Å². The highest BCUT2D eigenvalue weighted by Gasteiger charge is 2.26. The van der Waals surface area contributed by atoms with Crippen LogP contribution in [-0.2, 0) is 16.0 Å². The molecule has 5 nitrogen and oxygen atoms in total. The molecule has 0 spiro atoms. The van der Waals surface area contributed by atoms with Crippen LogP contribution in [0.4, 0.5) is 0 Å². The number of carbonyl (C=O) groups excluding carboxylic acids is 2. The maximum Gasteiger partial charge on any atom is 0.349 e. The first-order valence-corrected chi connectivity index (χ1v) is 5.63. The van der Waals surface area contributed by atoms with Crippen LogP contribution >= 0.6 is 0 Å². The fourth-order valence-corrected chi connectivity index (χ4v) is 2.01. The predicted octanol–water partition coefficient (Wildman–Crippen LogP) is 1.50. The van der Waals surface area contributed by atoms with Gasteiger partial charge in [0.2, 0.25) is 0 Å². The second-order valence-corrected chi connectivity index (χ2v) is 4.01. The van der Waals surface area contributed by atoms with Crippen molar-refractivity contribution in [3.8, 4) is 5.69 Å². The number of benzene rings is 1. The van der Waals surface area contributed by atoms with Crippen molar-refractivity contribution in [3.63, 3.8) is 0 Å². The van der Waals surface area contributed by atoms with Crippen LogP contribution in [-0.4, -0.2) is 21.7 Å². The van der Waals surface area contributed by atoms with Crippen molar-refractivity contribution in [1.29, 1.82) is 0 Å². The first-order valence-electron chi connectivity index (χ1n) is 5.63. The summed E-state index contributed by atoms with van der Waals surface area (Å²) in [5.74, 6) is -1.11. The first kappa shape index (κ1) is 10.7. The number of ether oxygens (including phenoxy) is 1. The van der Waals surface area contributed by atoms with Crippen molar-refractivity contribution in [3.05, 3.63) is 47.8 Å². The van der Waals surface area contributed by atoms with Crippen LogP contribution in [0.15, 0.2) is 36.5 Å². The topological polar surface area (TPSA) is 61.2 Å². The zero-order valence-corrected chi connectivity index (χ0v) is 9.50. The summed E-state index contributed by atoms with van der Waals surface area (Å²) in [6, 6.07) is 9.48. The number of fused-ring (bicyclic) bond motifs is 1. The normalized spacial score (nSPS) is 14.9. The van der Waals surface area contributed by atoms with E-state index < -0.39 is 11.9 Å². The lowest BCUT2D eigenvalue weighted by atomic mass is 10.1. The molecule has 18 heavy (non-hydrogen) atoms. The average Bonchev–Trinajstić information content (AvgIpc) is 2.75. The average molecular weight is 242 g/mol. The lowest BCUT2D eigenvalue weighted by Crippen LogP contribution is -2.08. The number of hydrogen-bond acceptors (Lipinski definition) is 4. The van der Waals surface area contributed by atoms with E-state index in [2.05, 4.69) is 9.84 Å². The molecule has 1 aliphatic rings. The minimum absolute atomic E-state index is 0.192. The lowest BCUT2D eigenvalue weighted by Gasteiger charge is -2.05. The third-order valence-electron chi connectivity index (χ3n) is 2.86. The summed E-state index contributed by atoms with van der Waals surface area (Å²) < 4.78 is 6.33. The maximum absolute atomic E-state index is 11.7. The van der Waals surface area contributed by atoms with E-state index in [0.717, 1.165) is 11.4 Å². The van der Waals surface area contributed by atoms with Gasteiger partial charge < -0.3 is 4.74 Å². The Kier molecular flexibility index (Phi) is 2.44. The highest BCUT2D eigenvalue weighted by molar-refractivity contribution is 5.98. The maximum atomic E-state index is 11.7. The fraction of sp³-hybridized carbons (Fsp3) is 0.154. The van der Waals surface area contributed by atoms with Crippen LogP contribution in [0.2, 0.25) is 0 Å². The van der Waals surface area contributed by atoms with Crippen LogP contribution in [0.5, 0.6) is 0 Å². The standard InChI is InChI=1S/C13H10N2O3/c16-12-7-6-11-10(13(17)18-12)8-14-15(11)9-4-2-1-3-5-9/h1-5,8H,6-7H2. The Balaban J connectivity index is 2.10. The van der Waals surface area contributed by atoms with Gasteiger partial charge in [-0.2, -0.15) is 5.10 Å². The largest absolute Gasteiger partial charge is 0.389 e. The molecule has 0 amide bonds. The number of nitrogens with zero attached hydrogens (tertiary/aromatic N) is 2. The van der Waals surface area contributed by atoms with Crippen LogP contribution < -0.4 is 0 Å². The minimum atomic E-state index is -0.616. The molecule has 0 atom stereocenters. The molecule has 0 bridgehead atoms. The number of hydrogen-bond donors (Lipinski definition) is 0. The van der Waals surface area contributed by atoms with E-state index in [0.29, 0.717) is 12.0 Å². The van der Waals surface area contributed by atoms with E-state index in [1.54, 1.807) is 4.68 Å². The van der Waals surface area contributed by atoms with Crippen LogP contribution in [0.1, 0.15) is 22.5 Å². The van der Waals surface area contributed by atoms with Crippen molar-refractivity contribution in [2.75, 3.05) is 0 Å². The van der Waals surface area contributed by atoms with Gasteiger partial charge in [0.1, 0.15) is 5.56 Å². The summed E-state index contributed by atoms with van der Waals surface area (Å²) in [6.45, 7) is 0. The Morgan fingerprint density at radius 1 is 1.11 bits per heavy atom. The van der Waals surface area contributed by atoms with E-state index in [4.69, 9.17) is 0 Å². The molecule has 0 saturated carbocycles. The number of para-hydroxylation sites is 1. The lowest BCUT2D eigenvalue weighted by molar-refractivity contribution is -0.137. The van der Waals surface area contributed by atoms with Gasteiger partial charge in [0.25, 0.3) is 0 Å². The third kappa shape index (κ3) is 1.69. The molecule has 0 unspecified atom stereocenters. The van der Waals surface area contributed by atoms with E-state index in [-0.39, 0.29) is 6.42 Å². The minimum Gasteiger partial charge on any atom is -0.389 e. The zero-order chi connectivity index (χ0) is 12.5. The molecular formula is C13H10N2O3. The number of esters is 2. The Hall–Kier alpha value is -2.43. The molecule has 0 N–H and O–H groups in total. The Morgan fingerprint density at radius 2 is 1.89 bits per heavy atom. The molecule has 5 heteroatoms. The summed E-state index contributed by atoms with van der Waals surface area (Å²) in [6.07, 6.45) is 2.09. The molecule has 0 aliphatic carbocycles. The van der Waals surface area contributed by atoms with E-state index >= 15 is 0 Å². The van der Waals surface area contributed by atoms with E-state index in [1.165, 1.54) is 6.20 Å². The van der Waals surface area contributed by atoms with Gasteiger partial charge in [-0.05, 0) is 12.1 Å². The molecule has 1 aliphatic heterocycles. The summed E-state index contributed by atoms with van der Waals surface area (Å²) in [5, 5.41) is 4.19. The molecule has 1 aromatic carbocycles. The molecule has 2 aromatic rings. The molecule has 1 aromatic heterocycles. The first-order chi connectivity index (χ1) is 8.75. The summed E-state index contributed by atoms with van der Waals surface area (Å²) in [4.78, 5) is 22.9. The SMILES string of the molecule is O=C1CCc2c(cnn2-c2ccccc2)C(=O)O1. The van der Waals surface area contributed by atoms with Gasteiger partial charge in [0.15, 0.2) is 0 Å². The summed E-state index contributed by atoms with van der Waals surface area (Å²) >= 11 is 0. The Morgan fingerprint density at radius 3 is 2.67 bits per heavy atom. The Labute approximate surface area is 103 Å². The van der Waals surface area contributed by atoms with E-state index in [1.807, 2.05) is 30.3 Å². The number of aromatic nitrogens is 2. The second-order valence-electron chi connectivity index (χ2n) is 4.01. The molecule has 3 rings (SSSR count). The van der Waals surface area contributed by atoms with Gasteiger partial charge >= 0.3 is 11.9 Å². The fourth-order valence-electron chi connectivity index (χ4n) is 2.01. The van der Waals surface area contributed by atoms with Crippen molar-refractivity contribution in [1.82, 2.24) is 9.78 Å². The summed E-state index contributed by atoms with van der Waals surface area (Å²) in [5.41, 5.74) is 1.95. The van der Waals surface area contributed by atoms with Gasteiger partial charge in [0.05, 0.1) is 24.0 Å². The molecule has 90 valence electrons. The monoisotopic (exact) mass is 242 g/mol. The number of rotatable bonds is 1. The summed E-state index contributed by atoms with van der Waals surface area (Å²) in [7, 11) is 0. The highest BCUT2D eigenvalue weighted by atomic mass is 16.6. The van der Waals surface area contributed by atoms with Gasteiger partial charge in [-0.25, -0.2) is 9.48 Å². The van der Waals surface area contributed by atoms with Crippen LogP contribution in [0, 0.1) is 0 Å². The van der Waals surface area contributed by atoms with Crippen LogP contribution in [0.3, 0.4) is 0 Å². The Bertz CT molecular complexity index is 616.